The van der Waals surface area contributed by atoms with Crippen LogP contribution in [0.15, 0.2) is 97.3 Å². The Hall–Kier alpha value is -4.44. The molecule has 1 N–H and O–H groups in total. The first-order chi connectivity index (χ1) is 27.9. The second-order valence-electron chi connectivity index (χ2n) is 13.3. The second kappa shape index (κ2) is 21.2. The molecule has 0 bridgehead atoms. The summed E-state index contributed by atoms with van der Waals surface area (Å²) in [4.78, 5) is 30.7. The highest BCUT2D eigenvalue weighted by molar-refractivity contribution is 9.08. The Labute approximate surface area is 353 Å². The van der Waals surface area contributed by atoms with Gasteiger partial charge in [0.1, 0.15) is 19.7 Å². The highest BCUT2D eigenvalue weighted by atomic mass is 79.9. The molecule has 0 radical (unpaired) electrons. The molecule has 2 fully saturated rings. The van der Waals surface area contributed by atoms with Gasteiger partial charge in [0.25, 0.3) is 0 Å². The lowest BCUT2D eigenvalue weighted by atomic mass is 10.2. The van der Waals surface area contributed by atoms with Gasteiger partial charge in [-0.05, 0) is 74.2 Å². The molecule has 2 aromatic heterocycles. The van der Waals surface area contributed by atoms with Crippen LogP contribution in [0.25, 0.3) is 0 Å². The molecule has 2 saturated heterocycles. The molecule has 21 heteroatoms. The molecule has 2 aliphatic rings. The summed E-state index contributed by atoms with van der Waals surface area (Å²) in [6.45, 7) is -0.0307. The quantitative estimate of drug-likeness (QED) is 0.161. The molecule has 0 amide bonds. The van der Waals surface area contributed by atoms with Crippen molar-refractivity contribution in [3.8, 4) is 0 Å². The number of carbonyl (C=O) groups excluding carboxylic acids is 2. The summed E-state index contributed by atoms with van der Waals surface area (Å²) in [5.41, 5.74) is 3.06. The van der Waals surface area contributed by atoms with Gasteiger partial charge in [0.15, 0.2) is 0 Å². The predicted molar refractivity (Wildman–Crippen MR) is 228 cm³/mol. The monoisotopic (exact) mass is 956 g/mol. The Bertz CT molecular complexity index is 2430. The number of para-hydroxylation sites is 2. The van der Waals surface area contributed by atoms with E-state index in [0.717, 1.165) is 5.69 Å². The third-order valence-corrected chi connectivity index (χ3v) is 17.3. The summed E-state index contributed by atoms with van der Waals surface area (Å²) >= 11 is 3.26. The normalized spacial score (nSPS) is 16.5. The number of carbonyl (C=O) groups is 2. The fraction of sp³-hybridized carbons (Fsp3) is 0.368. The van der Waals surface area contributed by atoms with Crippen molar-refractivity contribution < 1.29 is 52.7 Å². The maximum atomic E-state index is 13.4. The molecule has 0 aliphatic carbocycles. The number of nitrogens with zero attached hydrogens (tertiary/aromatic N) is 3. The molecule has 0 spiro atoms. The first kappa shape index (κ1) is 47.2. The van der Waals surface area contributed by atoms with Crippen molar-refractivity contribution in [1.82, 2.24) is 9.97 Å². The van der Waals surface area contributed by atoms with E-state index in [4.69, 9.17) is 0 Å². The van der Waals surface area contributed by atoms with Gasteiger partial charge in [-0.25, -0.2) is 43.3 Å². The highest BCUT2D eigenvalue weighted by Gasteiger charge is 2.37. The molecule has 4 heterocycles. The topological polar surface area (TPSA) is 230 Å². The Morgan fingerprint density at radius 3 is 1.54 bits per heavy atom. The summed E-state index contributed by atoms with van der Waals surface area (Å²) < 4.78 is 110. The second-order valence-corrected chi connectivity index (χ2v) is 22.6. The number of pyridine rings is 2. The van der Waals surface area contributed by atoms with Crippen LogP contribution in [0.4, 0.5) is 11.4 Å². The Morgan fingerprint density at radius 1 is 0.678 bits per heavy atom. The van der Waals surface area contributed by atoms with E-state index < -0.39 is 56.2 Å². The first-order valence-electron chi connectivity index (χ1n) is 18.1. The van der Waals surface area contributed by atoms with Crippen LogP contribution in [0.3, 0.4) is 0 Å². The molecule has 6 rings (SSSR count). The number of sulfone groups is 2. The van der Waals surface area contributed by atoms with Crippen molar-refractivity contribution in [3.63, 3.8) is 0 Å². The van der Waals surface area contributed by atoms with Crippen molar-refractivity contribution >= 4 is 79.0 Å². The van der Waals surface area contributed by atoms with Crippen LogP contribution < -0.4 is 9.03 Å². The summed E-state index contributed by atoms with van der Waals surface area (Å²) in [6, 6.07) is 23.8. The number of nitrogens with one attached hydrogen (secondary N) is 1. The number of alkyl halides is 1. The number of hydrogen-bond donors (Lipinski definition) is 1. The molecule has 320 valence electrons. The van der Waals surface area contributed by atoms with Crippen LogP contribution in [0.5, 0.6) is 0 Å². The Balaban J connectivity index is 0.000000217. The fourth-order valence-electron chi connectivity index (χ4n) is 5.85. The minimum absolute atomic E-state index is 0.0307. The van der Waals surface area contributed by atoms with Crippen LogP contribution in [0, 0.1) is 0 Å². The van der Waals surface area contributed by atoms with Crippen molar-refractivity contribution in [2.24, 2.45) is 0 Å². The molecule has 2 aliphatic heterocycles. The number of esters is 2. The van der Waals surface area contributed by atoms with Crippen molar-refractivity contribution in [2.45, 2.75) is 48.1 Å². The van der Waals surface area contributed by atoms with Gasteiger partial charge in [0.05, 0.1) is 82.5 Å². The van der Waals surface area contributed by atoms with Gasteiger partial charge in [-0.2, -0.15) is 0 Å². The molecule has 2 aromatic carbocycles. The molecule has 0 atom stereocenters. The van der Waals surface area contributed by atoms with Gasteiger partial charge in [-0.3, -0.25) is 19.0 Å². The van der Waals surface area contributed by atoms with Gasteiger partial charge in [0, 0.05) is 23.4 Å². The maximum absolute atomic E-state index is 13.4. The standard InChI is InChI=1S/C19H22N2O6S2.C11H15NO4S2.C8H8BrNO2/c1-27-19(22)15-7-8-16(20-13-15)14-21(17-5-3-2-4-6-17)29(25,26)18-9-11-28(23,24)12-10-18;13-17(14)8-6-11(7-9-17)18(15,16)12-10-4-2-1-3-5-10;1-12-8(11)6-2-3-7(4-9)10-5-6/h2-8,13,18H,9-12,14H2,1H3;1-5,11-12H,6-9H2;2-3,5H,4H2,1H3. The Morgan fingerprint density at radius 2 is 1.12 bits per heavy atom. The molecule has 16 nitrogen and oxygen atoms in total. The maximum Gasteiger partial charge on any atom is 0.339 e. The smallest absolute Gasteiger partial charge is 0.339 e. The average Bonchev–Trinajstić information content (AvgIpc) is 3.23. The van der Waals surface area contributed by atoms with Crippen LogP contribution in [-0.2, 0) is 61.1 Å². The number of hydrogen-bond acceptors (Lipinski definition) is 14. The summed E-state index contributed by atoms with van der Waals surface area (Å²) in [5.74, 6) is -1.25. The SMILES string of the molecule is COC(=O)c1ccc(CBr)nc1.COC(=O)c1ccc(CN(c2ccccc2)S(=O)(=O)C2CCS(=O)(=O)CC2)nc1.O=S1(=O)CCC(S(=O)(=O)Nc2ccccc2)CC1. The van der Waals surface area contributed by atoms with Gasteiger partial charge in [0.2, 0.25) is 20.0 Å². The minimum atomic E-state index is -3.82. The average molecular weight is 958 g/mol. The largest absolute Gasteiger partial charge is 0.465 e. The van der Waals surface area contributed by atoms with Crippen LogP contribution >= 0.6 is 15.9 Å². The fourth-order valence-corrected chi connectivity index (χ4v) is 13.2. The molecule has 59 heavy (non-hydrogen) atoms. The van der Waals surface area contributed by atoms with E-state index in [0.29, 0.717) is 28.0 Å². The molecule has 0 unspecified atom stereocenters. The van der Waals surface area contributed by atoms with E-state index in [2.05, 4.69) is 40.1 Å². The number of ether oxygens (including phenoxy) is 2. The zero-order chi connectivity index (χ0) is 43.3. The van der Waals surface area contributed by atoms with E-state index in [1.54, 1.807) is 78.9 Å². The summed E-state index contributed by atoms with van der Waals surface area (Å²) in [6.07, 6.45) is 3.33. The van der Waals surface area contributed by atoms with Crippen LogP contribution in [0.2, 0.25) is 0 Å². The number of halogens is 1. The zero-order valence-electron chi connectivity index (χ0n) is 32.2. The first-order valence-corrected chi connectivity index (χ1v) is 25.9. The minimum Gasteiger partial charge on any atom is -0.465 e. The van der Waals surface area contributed by atoms with Gasteiger partial charge >= 0.3 is 11.9 Å². The number of benzene rings is 2. The number of sulfonamides is 2. The molecule has 0 saturated carbocycles. The van der Waals surface area contributed by atoms with Crippen molar-refractivity contribution in [1.29, 1.82) is 0 Å². The van der Waals surface area contributed by atoms with E-state index in [1.807, 2.05) is 0 Å². The summed E-state index contributed by atoms with van der Waals surface area (Å²) in [7, 11) is -10.9. The number of rotatable bonds is 11. The lowest BCUT2D eigenvalue weighted by molar-refractivity contribution is 0.0591. The Kier molecular flexibility index (Phi) is 17.0. The van der Waals surface area contributed by atoms with E-state index in [-0.39, 0.29) is 66.8 Å². The highest BCUT2D eigenvalue weighted by Crippen LogP contribution is 2.28. The number of aromatic nitrogens is 2. The van der Waals surface area contributed by atoms with Crippen molar-refractivity contribution in [2.75, 3.05) is 46.3 Å². The predicted octanol–water partition coefficient (Wildman–Crippen LogP) is 4.55. The van der Waals surface area contributed by atoms with Gasteiger partial charge < -0.3 is 9.47 Å². The lowest BCUT2D eigenvalue weighted by Crippen LogP contribution is -2.42. The molecule has 4 aromatic rings. The molecular formula is C38H45BrN4O12S4. The third kappa shape index (κ3) is 14.1. The van der Waals surface area contributed by atoms with E-state index >= 15 is 0 Å². The molecular weight excluding hydrogens is 913 g/mol. The third-order valence-electron chi connectivity index (χ3n) is 9.18. The lowest BCUT2D eigenvalue weighted by Gasteiger charge is -2.31. The van der Waals surface area contributed by atoms with Crippen LogP contribution in [0.1, 0.15) is 57.8 Å². The summed E-state index contributed by atoms with van der Waals surface area (Å²) in [5, 5.41) is -0.712. The number of methoxy groups -OCH3 is 2. The zero-order valence-corrected chi connectivity index (χ0v) is 37.1. The van der Waals surface area contributed by atoms with Gasteiger partial charge in [-0.1, -0.05) is 52.3 Å². The van der Waals surface area contributed by atoms with Crippen LogP contribution in [-0.4, -0.2) is 103 Å². The van der Waals surface area contributed by atoms with E-state index in [1.165, 1.54) is 37.0 Å². The van der Waals surface area contributed by atoms with Crippen molar-refractivity contribution in [3.05, 3.63) is 120 Å². The van der Waals surface area contributed by atoms with E-state index in [9.17, 15) is 43.3 Å². The number of anilines is 2. The van der Waals surface area contributed by atoms with Gasteiger partial charge in [-0.15, -0.1) is 0 Å².